The molecule has 0 saturated carbocycles. The van der Waals surface area contributed by atoms with Crippen LogP contribution in [0, 0.1) is 13.8 Å². The average Bonchev–Trinajstić information content (AvgIpc) is 3.23. The minimum absolute atomic E-state index is 0.0208. The minimum atomic E-state index is -2.63. The lowest BCUT2D eigenvalue weighted by Gasteiger charge is -2.38. The van der Waals surface area contributed by atoms with E-state index >= 15 is 0 Å². The highest BCUT2D eigenvalue weighted by Crippen LogP contribution is 2.45. The average molecular weight is 464 g/mol. The fourth-order valence-corrected chi connectivity index (χ4v) is 4.91. The van der Waals surface area contributed by atoms with Gasteiger partial charge in [0.2, 0.25) is 0 Å². The molecule has 0 saturated heterocycles. The highest BCUT2D eigenvalue weighted by Gasteiger charge is 2.28. The van der Waals surface area contributed by atoms with Crippen molar-refractivity contribution in [2.75, 3.05) is 29.9 Å². The van der Waals surface area contributed by atoms with Crippen molar-refractivity contribution in [2.24, 2.45) is 14.1 Å². The number of nitrogens with zero attached hydrogens (tertiary/aromatic N) is 5. The van der Waals surface area contributed by atoms with Gasteiger partial charge in [0.05, 0.1) is 28.8 Å². The molecular weight excluding hydrogens is 436 g/mol. The SMILES string of the molecule is Cc1cc(N2CCN(C)c3cc(-c4cnn(C)c4)c(C(F)F)cc32)c2cc(C)c(=O)n(C)c2c1. The van der Waals surface area contributed by atoms with Crippen molar-refractivity contribution in [3.8, 4) is 11.1 Å². The zero-order valence-corrected chi connectivity index (χ0v) is 19.9. The maximum Gasteiger partial charge on any atom is 0.264 e. The fourth-order valence-electron chi connectivity index (χ4n) is 4.91. The molecule has 2 aromatic heterocycles. The molecule has 0 bridgehead atoms. The number of rotatable bonds is 3. The first kappa shape index (κ1) is 22.1. The molecular formula is C26H27F2N5O. The zero-order chi connectivity index (χ0) is 24.3. The van der Waals surface area contributed by atoms with E-state index in [9.17, 15) is 13.6 Å². The van der Waals surface area contributed by atoms with Crippen LogP contribution >= 0.6 is 0 Å². The molecule has 0 spiro atoms. The molecule has 3 heterocycles. The Hall–Kier alpha value is -3.68. The van der Waals surface area contributed by atoms with E-state index in [1.807, 2.05) is 32.2 Å². The second-order valence-corrected chi connectivity index (χ2v) is 9.11. The molecule has 8 heteroatoms. The Labute approximate surface area is 196 Å². The van der Waals surface area contributed by atoms with Crippen LogP contribution in [0.3, 0.4) is 0 Å². The highest BCUT2D eigenvalue weighted by atomic mass is 19.3. The Morgan fingerprint density at radius 2 is 1.71 bits per heavy atom. The number of aromatic nitrogens is 3. The van der Waals surface area contributed by atoms with Crippen LogP contribution in [0.4, 0.5) is 25.8 Å². The van der Waals surface area contributed by atoms with Crippen LogP contribution in [0.2, 0.25) is 0 Å². The van der Waals surface area contributed by atoms with Crippen molar-refractivity contribution in [3.63, 3.8) is 0 Å². The van der Waals surface area contributed by atoms with Gasteiger partial charge in [-0.1, -0.05) is 0 Å². The molecule has 0 atom stereocenters. The van der Waals surface area contributed by atoms with Crippen molar-refractivity contribution in [2.45, 2.75) is 20.3 Å². The van der Waals surface area contributed by atoms with Crippen LogP contribution in [0.25, 0.3) is 22.0 Å². The van der Waals surface area contributed by atoms with Crippen LogP contribution < -0.4 is 15.4 Å². The number of halogens is 2. The molecule has 34 heavy (non-hydrogen) atoms. The molecule has 0 fully saturated rings. The normalized spacial score (nSPS) is 13.8. The molecule has 6 nitrogen and oxygen atoms in total. The number of fused-ring (bicyclic) bond motifs is 2. The van der Waals surface area contributed by atoms with Crippen LogP contribution in [-0.4, -0.2) is 34.5 Å². The molecule has 1 aliphatic heterocycles. The number of hydrogen-bond donors (Lipinski definition) is 0. The Morgan fingerprint density at radius 3 is 2.38 bits per heavy atom. The predicted octanol–water partition coefficient (Wildman–Crippen LogP) is 5.08. The second-order valence-electron chi connectivity index (χ2n) is 9.11. The number of likely N-dealkylation sites (N-methyl/N-ethyl adjacent to an activating group) is 1. The number of hydrogen-bond acceptors (Lipinski definition) is 4. The largest absolute Gasteiger partial charge is 0.371 e. The van der Waals surface area contributed by atoms with Gasteiger partial charge in [0.25, 0.3) is 12.0 Å². The maximum absolute atomic E-state index is 14.3. The molecule has 0 aliphatic carbocycles. The predicted molar refractivity (Wildman–Crippen MR) is 133 cm³/mol. The first-order valence-corrected chi connectivity index (χ1v) is 11.2. The first-order valence-electron chi connectivity index (χ1n) is 11.2. The summed E-state index contributed by atoms with van der Waals surface area (Å²) in [7, 11) is 5.53. The number of aryl methyl sites for hydroxylation is 4. The van der Waals surface area contributed by atoms with Crippen molar-refractivity contribution in [1.82, 2.24) is 14.3 Å². The lowest BCUT2D eigenvalue weighted by atomic mass is 9.97. The van der Waals surface area contributed by atoms with Crippen LogP contribution in [0.1, 0.15) is 23.1 Å². The summed E-state index contributed by atoms with van der Waals surface area (Å²) in [5.41, 5.74) is 6.10. The van der Waals surface area contributed by atoms with E-state index in [1.54, 1.807) is 48.7 Å². The summed E-state index contributed by atoms with van der Waals surface area (Å²) in [5.74, 6) is 0. The van der Waals surface area contributed by atoms with E-state index in [-0.39, 0.29) is 11.1 Å². The third-order valence-electron chi connectivity index (χ3n) is 6.69. The van der Waals surface area contributed by atoms with Gasteiger partial charge in [-0.25, -0.2) is 8.78 Å². The van der Waals surface area contributed by atoms with Gasteiger partial charge in [-0.15, -0.1) is 0 Å². The van der Waals surface area contributed by atoms with E-state index in [0.717, 1.165) is 40.1 Å². The van der Waals surface area contributed by atoms with Crippen LogP contribution in [0.15, 0.2) is 47.5 Å². The molecule has 176 valence electrons. The Balaban J connectivity index is 1.78. The Kier molecular flexibility index (Phi) is 5.19. The van der Waals surface area contributed by atoms with Crippen molar-refractivity contribution >= 4 is 28.0 Å². The third kappa shape index (κ3) is 3.45. The Bertz CT molecular complexity index is 1490. The quantitative estimate of drug-likeness (QED) is 0.425. The number of benzene rings is 2. The molecule has 0 unspecified atom stereocenters. The van der Waals surface area contributed by atoms with Gasteiger partial charge in [-0.2, -0.15) is 5.10 Å². The summed E-state index contributed by atoms with van der Waals surface area (Å²) < 4.78 is 31.9. The first-order chi connectivity index (χ1) is 16.2. The number of alkyl halides is 2. The van der Waals surface area contributed by atoms with Crippen molar-refractivity contribution < 1.29 is 8.78 Å². The summed E-state index contributed by atoms with van der Waals surface area (Å²) in [6, 6.07) is 9.42. The van der Waals surface area contributed by atoms with Gasteiger partial charge in [-0.3, -0.25) is 9.48 Å². The van der Waals surface area contributed by atoms with Gasteiger partial charge >= 0.3 is 0 Å². The summed E-state index contributed by atoms with van der Waals surface area (Å²) in [6.07, 6.45) is 0.740. The molecule has 4 aromatic rings. The topological polar surface area (TPSA) is 46.3 Å². The van der Waals surface area contributed by atoms with E-state index in [0.29, 0.717) is 23.2 Å². The van der Waals surface area contributed by atoms with Gasteiger partial charge < -0.3 is 14.4 Å². The molecule has 2 aromatic carbocycles. The van der Waals surface area contributed by atoms with E-state index in [2.05, 4.69) is 21.0 Å². The lowest BCUT2D eigenvalue weighted by molar-refractivity contribution is 0.152. The highest BCUT2D eigenvalue weighted by molar-refractivity contribution is 5.98. The van der Waals surface area contributed by atoms with Crippen LogP contribution in [0.5, 0.6) is 0 Å². The molecule has 5 rings (SSSR count). The maximum atomic E-state index is 14.3. The van der Waals surface area contributed by atoms with Crippen LogP contribution in [-0.2, 0) is 14.1 Å². The minimum Gasteiger partial charge on any atom is -0.371 e. The van der Waals surface area contributed by atoms with Crippen molar-refractivity contribution in [3.05, 3.63) is 69.8 Å². The summed E-state index contributed by atoms with van der Waals surface area (Å²) >= 11 is 0. The van der Waals surface area contributed by atoms with Gasteiger partial charge in [0.15, 0.2) is 0 Å². The molecule has 0 N–H and O–H groups in total. The van der Waals surface area contributed by atoms with E-state index in [4.69, 9.17) is 0 Å². The second kappa shape index (κ2) is 7.97. The molecule has 1 aliphatic rings. The molecule has 0 radical (unpaired) electrons. The van der Waals surface area contributed by atoms with Gasteiger partial charge in [-0.05, 0) is 55.3 Å². The van der Waals surface area contributed by atoms with E-state index in [1.165, 1.54) is 0 Å². The lowest BCUT2D eigenvalue weighted by Crippen LogP contribution is -2.37. The fraction of sp³-hybridized carbons (Fsp3) is 0.308. The number of pyridine rings is 1. The van der Waals surface area contributed by atoms with Gasteiger partial charge in [0, 0.05) is 62.5 Å². The summed E-state index contributed by atoms with van der Waals surface area (Å²) in [4.78, 5) is 16.8. The monoisotopic (exact) mass is 463 g/mol. The van der Waals surface area contributed by atoms with Crippen molar-refractivity contribution in [1.29, 1.82) is 0 Å². The summed E-state index contributed by atoms with van der Waals surface area (Å²) in [5, 5.41) is 5.10. The standard InChI is InChI=1S/C26H27F2N5O/c1-15-8-21-20(10-16(2)26(34)32(21)5)22(9-15)33-7-6-30(3)23-11-18(17-13-29-31(4)14-17)19(25(27)28)12-24(23)33/h8-14,25H,6-7H2,1-5H3. The summed E-state index contributed by atoms with van der Waals surface area (Å²) in [6.45, 7) is 5.16. The molecule has 0 amide bonds. The zero-order valence-electron chi connectivity index (χ0n) is 19.9. The smallest absolute Gasteiger partial charge is 0.264 e. The van der Waals surface area contributed by atoms with Gasteiger partial charge in [0.1, 0.15) is 0 Å². The Morgan fingerprint density at radius 1 is 0.941 bits per heavy atom. The number of anilines is 3. The third-order valence-corrected chi connectivity index (χ3v) is 6.69. The van der Waals surface area contributed by atoms with E-state index < -0.39 is 6.43 Å².